The van der Waals surface area contributed by atoms with Crippen LogP contribution < -0.4 is 15.4 Å². The van der Waals surface area contributed by atoms with E-state index in [0.717, 1.165) is 35.9 Å². The van der Waals surface area contributed by atoms with Crippen molar-refractivity contribution in [3.05, 3.63) is 24.3 Å². The Morgan fingerprint density at radius 2 is 2.09 bits per heavy atom. The molecule has 0 heterocycles. The van der Waals surface area contributed by atoms with Gasteiger partial charge < -0.3 is 15.4 Å². The molecule has 0 bridgehead atoms. The molecular weight excluding hydrogens is 320 g/mol. The molecule has 126 valence electrons. The molecule has 1 rings (SSSR count). The van der Waals surface area contributed by atoms with Gasteiger partial charge in [-0.25, -0.2) is 0 Å². The van der Waals surface area contributed by atoms with Gasteiger partial charge in [0.05, 0.1) is 7.11 Å². The van der Waals surface area contributed by atoms with Gasteiger partial charge in [-0.2, -0.15) is 0 Å². The second kappa shape index (κ2) is 12.6. The second-order valence-corrected chi connectivity index (χ2v) is 6.14. The van der Waals surface area contributed by atoms with Gasteiger partial charge in [0.15, 0.2) is 0 Å². The Hall–Kier alpha value is -0.910. The maximum Gasteiger partial charge on any atom is 0.220 e. The van der Waals surface area contributed by atoms with Gasteiger partial charge in [-0.1, -0.05) is 19.1 Å². The van der Waals surface area contributed by atoms with E-state index in [4.69, 9.17) is 4.74 Å². The van der Waals surface area contributed by atoms with Crippen LogP contribution in [-0.2, 0) is 4.79 Å². The summed E-state index contributed by atoms with van der Waals surface area (Å²) in [6, 6.07) is 8.01. The Kier molecular flexibility index (Phi) is 12.1. The SMILES string of the molecule is CNCCCC(=O)NCC(C)CSc1ccccc1OC.Cl. The van der Waals surface area contributed by atoms with E-state index in [-0.39, 0.29) is 18.3 Å². The first-order valence-corrected chi connectivity index (χ1v) is 8.33. The molecule has 0 radical (unpaired) electrons. The number of thioether (sulfide) groups is 1. The smallest absolute Gasteiger partial charge is 0.220 e. The third-order valence-corrected chi connectivity index (χ3v) is 4.45. The molecular formula is C16H27ClN2O2S. The number of hydrogen-bond acceptors (Lipinski definition) is 4. The van der Waals surface area contributed by atoms with Crippen molar-refractivity contribution in [2.45, 2.75) is 24.7 Å². The highest BCUT2D eigenvalue weighted by Crippen LogP contribution is 2.29. The molecule has 1 unspecified atom stereocenters. The minimum Gasteiger partial charge on any atom is -0.496 e. The lowest BCUT2D eigenvalue weighted by atomic mass is 10.2. The molecule has 1 atom stereocenters. The summed E-state index contributed by atoms with van der Waals surface area (Å²) in [6.45, 7) is 3.75. The molecule has 0 spiro atoms. The van der Waals surface area contributed by atoms with Gasteiger partial charge in [-0.05, 0) is 38.1 Å². The van der Waals surface area contributed by atoms with Crippen molar-refractivity contribution in [1.82, 2.24) is 10.6 Å². The molecule has 4 nitrogen and oxygen atoms in total. The predicted octanol–water partition coefficient (Wildman–Crippen LogP) is 2.96. The van der Waals surface area contributed by atoms with E-state index in [1.165, 1.54) is 0 Å². The van der Waals surface area contributed by atoms with E-state index in [1.807, 2.05) is 25.2 Å². The molecule has 0 saturated heterocycles. The molecule has 0 saturated carbocycles. The fourth-order valence-electron chi connectivity index (χ4n) is 1.83. The van der Waals surface area contributed by atoms with Gasteiger partial charge in [0, 0.05) is 23.6 Å². The highest BCUT2D eigenvalue weighted by atomic mass is 35.5. The van der Waals surface area contributed by atoms with Crippen LogP contribution in [0.4, 0.5) is 0 Å². The van der Waals surface area contributed by atoms with Gasteiger partial charge in [-0.15, -0.1) is 24.2 Å². The largest absolute Gasteiger partial charge is 0.496 e. The van der Waals surface area contributed by atoms with Gasteiger partial charge in [-0.3, -0.25) is 4.79 Å². The van der Waals surface area contributed by atoms with Crippen LogP contribution in [0.3, 0.4) is 0 Å². The quantitative estimate of drug-likeness (QED) is 0.505. The molecule has 0 aliphatic heterocycles. The molecule has 2 N–H and O–H groups in total. The average Bonchev–Trinajstić information content (AvgIpc) is 2.51. The number of benzene rings is 1. The maximum absolute atomic E-state index is 11.6. The van der Waals surface area contributed by atoms with Gasteiger partial charge in [0.2, 0.25) is 5.91 Å². The van der Waals surface area contributed by atoms with E-state index in [1.54, 1.807) is 18.9 Å². The normalized spacial score (nSPS) is 11.4. The zero-order valence-corrected chi connectivity index (χ0v) is 15.2. The zero-order valence-electron chi connectivity index (χ0n) is 13.6. The van der Waals surface area contributed by atoms with Crippen molar-refractivity contribution >= 4 is 30.1 Å². The first-order chi connectivity index (χ1) is 10.2. The molecule has 1 aromatic rings. The third kappa shape index (κ3) is 8.51. The molecule has 0 fully saturated rings. The van der Waals surface area contributed by atoms with Gasteiger partial charge in [0.25, 0.3) is 0 Å². The van der Waals surface area contributed by atoms with Crippen LogP contribution >= 0.6 is 24.2 Å². The van der Waals surface area contributed by atoms with E-state index < -0.39 is 0 Å². The van der Waals surface area contributed by atoms with Crippen LogP contribution in [0.2, 0.25) is 0 Å². The summed E-state index contributed by atoms with van der Waals surface area (Å²) in [7, 11) is 3.59. The Labute approximate surface area is 144 Å². The molecule has 1 aromatic carbocycles. The summed E-state index contributed by atoms with van der Waals surface area (Å²) in [5, 5.41) is 6.04. The van der Waals surface area contributed by atoms with Crippen LogP contribution in [0, 0.1) is 5.92 Å². The number of carbonyl (C=O) groups is 1. The van der Waals surface area contributed by atoms with Crippen molar-refractivity contribution in [3.8, 4) is 5.75 Å². The fourth-order valence-corrected chi connectivity index (χ4v) is 2.88. The van der Waals surface area contributed by atoms with Crippen LogP contribution in [0.5, 0.6) is 5.75 Å². The number of nitrogens with one attached hydrogen (secondary N) is 2. The summed E-state index contributed by atoms with van der Waals surface area (Å²) >= 11 is 1.77. The summed E-state index contributed by atoms with van der Waals surface area (Å²) in [4.78, 5) is 12.8. The number of para-hydroxylation sites is 1. The number of hydrogen-bond donors (Lipinski definition) is 2. The minimum atomic E-state index is 0. The lowest BCUT2D eigenvalue weighted by Crippen LogP contribution is -2.29. The lowest BCUT2D eigenvalue weighted by molar-refractivity contribution is -0.121. The monoisotopic (exact) mass is 346 g/mol. The highest BCUT2D eigenvalue weighted by molar-refractivity contribution is 7.99. The molecule has 0 aromatic heterocycles. The summed E-state index contributed by atoms with van der Waals surface area (Å²) in [5.74, 6) is 2.43. The van der Waals surface area contributed by atoms with Gasteiger partial charge in [0.1, 0.15) is 5.75 Å². The number of ether oxygens (including phenoxy) is 1. The number of halogens is 1. The molecule has 0 aliphatic carbocycles. The first-order valence-electron chi connectivity index (χ1n) is 7.34. The van der Waals surface area contributed by atoms with E-state index in [0.29, 0.717) is 12.3 Å². The van der Waals surface area contributed by atoms with Crippen LogP contribution in [0.25, 0.3) is 0 Å². The van der Waals surface area contributed by atoms with E-state index in [9.17, 15) is 4.79 Å². The Morgan fingerprint density at radius 1 is 1.36 bits per heavy atom. The van der Waals surface area contributed by atoms with Crippen molar-refractivity contribution in [3.63, 3.8) is 0 Å². The third-order valence-electron chi connectivity index (χ3n) is 3.07. The number of carbonyl (C=O) groups excluding carboxylic acids is 1. The van der Waals surface area contributed by atoms with Crippen LogP contribution in [0.15, 0.2) is 29.2 Å². The zero-order chi connectivity index (χ0) is 15.5. The van der Waals surface area contributed by atoms with Crippen LogP contribution in [0.1, 0.15) is 19.8 Å². The molecule has 22 heavy (non-hydrogen) atoms. The van der Waals surface area contributed by atoms with Crippen molar-refractivity contribution in [2.24, 2.45) is 5.92 Å². The minimum absolute atomic E-state index is 0. The summed E-state index contributed by atoms with van der Waals surface area (Å²) < 4.78 is 5.33. The van der Waals surface area contributed by atoms with Crippen molar-refractivity contribution in [2.75, 3.05) is 33.0 Å². The van der Waals surface area contributed by atoms with Crippen molar-refractivity contribution < 1.29 is 9.53 Å². The second-order valence-electron chi connectivity index (χ2n) is 5.08. The van der Waals surface area contributed by atoms with Gasteiger partial charge >= 0.3 is 0 Å². The van der Waals surface area contributed by atoms with Crippen LogP contribution in [-0.4, -0.2) is 38.9 Å². The Morgan fingerprint density at radius 3 is 2.77 bits per heavy atom. The number of amides is 1. The summed E-state index contributed by atoms with van der Waals surface area (Å²) in [6.07, 6.45) is 1.47. The summed E-state index contributed by atoms with van der Waals surface area (Å²) in [5.41, 5.74) is 0. The number of rotatable bonds is 10. The van der Waals surface area contributed by atoms with E-state index >= 15 is 0 Å². The first kappa shape index (κ1) is 21.1. The molecule has 6 heteroatoms. The molecule has 0 aliphatic rings. The maximum atomic E-state index is 11.6. The highest BCUT2D eigenvalue weighted by Gasteiger charge is 2.08. The fraction of sp³-hybridized carbons (Fsp3) is 0.562. The Bertz CT molecular complexity index is 432. The average molecular weight is 347 g/mol. The molecule has 1 amide bonds. The predicted molar refractivity (Wildman–Crippen MR) is 96.3 cm³/mol. The standard InChI is InChI=1S/C16H26N2O2S.ClH/c1-13(11-18-16(19)9-6-10-17-2)12-21-15-8-5-4-7-14(15)20-3;/h4-5,7-8,13,17H,6,9-12H2,1-3H3,(H,18,19);1H. The van der Waals surface area contributed by atoms with E-state index in [2.05, 4.69) is 23.6 Å². The number of methoxy groups -OCH3 is 1. The lowest BCUT2D eigenvalue weighted by Gasteiger charge is -2.13. The topological polar surface area (TPSA) is 50.4 Å². The Balaban J connectivity index is 0.00000441. The van der Waals surface area contributed by atoms with Crippen molar-refractivity contribution in [1.29, 1.82) is 0 Å².